The topological polar surface area (TPSA) is 84.3 Å². The molecule has 0 saturated carbocycles. The predicted octanol–water partition coefficient (Wildman–Crippen LogP) is -0.0331. The SMILES string of the molecule is COCc1nc2c(c(C(=O)O)n1)CNCC2. The van der Waals surface area contributed by atoms with E-state index in [1.807, 2.05) is 0 Å². The Balaban J connectivity index is 2.47. The van der Waals surface area contributed by atoms with Gasteiger partial charge in [0.05, 0.1) is 5.69 Å². The number of carbonyl (C=O) groups is 1. The van der Waals surface area contributed by atoms with E-state index in [-0.39, 0.29) is 12.3 Å². The van der Waals surface area contributed by atoms with E-state index in [0.717, 1.165) is 18.7 Å². The molecule has 0 aliphatic carbocycles. The zero-order chi connectivity index (χ0) is 11.5. The Morgan fingerprint density at radius 2 is 2.38 bits per heavy atom. The number of carboxylic acids is 1. The van der Waals surface area contributed by atoms with Crippen LogP contribution in [0.25, 0.3) is 0 Å². The number of ether oxygens (including phenoxy) is 1. The molecule has 1 aromatic rings. The van der Waals surface area contributed by atoms with E-state index in [1.54, 1.807) is 0 Å². The predicted molar refractivity (Wildman–Crippen MR) is 55.1 cm³/mol. The average molecular weight is 223 g/mol. The Morgan fingerprint density at radius 1 is 1.56 bits per heavy atom. The first kappa shape index (κ1) is 11.0. The third-order valence-corrected chi connectivity index (χ3v) is 2.46. The maximum atomic E-state index is 11.1. The monoisotopic (exact) mass is 223 g/mol. The molecule has 1 aromatic heterocycles. The second kappa shape index (κ2) is 4.54. The van der Waals surface area contributed by atoms with Crippen molar-refractivity contribution < 1.29 is 14.6 Å². The normalized spacial score (nSPS) is 14.6. The number of hydrogen-bond donors (Lipinski definition) is 2. The van der Waals surface area contributed by atoms with Gasteiger partial charge in [-0.2, -0.15) is 0 Å². The lowest BCUT2D eigenvalue weighted by molar-refractivity contribution is 0.0687. The molecular formula is C10H13N3O3. The van der Waals surface area contributed by atoms with Crippen LogP contribution in [0.3, 0.4) is 0 Å². The number of rotatable bonds is 3. The minimum absolute atomic E-state index is 0.0873. The largest absolute Gasteiger partial charge is 0.476 e. The van der Waals surface area contributed by atoms with Crippen molar-refractivity contribution in [3.8, 4) is 0 Å². The van der Waals surface area contributed by atoms with Crippen LogP contribution in [-0.2, 0) is 24.3 Å². The fourth-order valence-corrected chi connectivity index (χ4v) is 1.76. The highest BCUT2D eigenvalue weighted by Crippen LogP contribution is 2.16. The van der Waals surface area contributed by atoms with Crippen molar-refractivity contribution in [1.29, 1.82) is 0 Å². The Bertz CT molecular complexity index is 420. The highest BCUT2D eigenvalue weighted by atomic mass is 16.5. The maximum absolute atomic E-state index is 11.1. The fraction of sp³-hybridized carbons (Fsp3) is 0.500. The first-order valence-electron chi connectivity index (χ1n) is 5.04. The minimum atomic E-state index is -1.01. The Kier molecular flexibility index (Phi) is 3.12. The molecule has 0 fully saturated rings. The second-order valence-electron chi connectivity index (χ2n) is 3.58. The summed E-state index contributed by atoms with van der Waals surface area (Å²) >= 11 is 0. The van der Waals surface area contributed by atoms with Crippen LogP contribution in [-0.4, -0.2) is 34.7 Å². The van der Waals surface area contributed by atoms with E-state index in [4.69, 9.17) is 9.84 Å². The third kappa shape index (κ3) is 2.02. The van der Waals surface area contributed by atoms with Crippen LogP contribution in [0.5, 0.6) is 0 Å². The molecule has 2 rings (SSSR count). The molecule has 86 valence electrons. The first-order valence-corrected chi connectivity index (χ1v) is 5.04. The number of nitrogens with zero attached hydrogens (tertiary/aromatic N) is 2. The number of nitrogens with one attached hydrogen (secondary N) is 1. The highest BCUT2D eigenvalue weighted by molar-refractivity contribution is 5.87. The summed E-state index contributed by atoms with van der Waals surface area (Å²) in [4.78, 5) is 19.4. The summed E-state index contributed by atoms with van der Waals surface area (Å²) in [6.45, 7) is 1.57. The number of methoxy groups -OCH3 is 1. The van der Waals surface area contributed by atoms with Crippen molar-refractivity contribution in [1.82, 2.24) is 15.3 Å². The lowest BCUT2D eigenvalue weighted by Gasteiger charge is -2.18. The van der Waals surface area contributed by atoms with Crippen molar-refractivity contribution in [3.05, 3.63) is 22.8 Å². The average Bonchev–Trinajstić information content (AvgIpc) is 2.28. The van der Waals surface area contributed by atoms with Crippen LogP contribution in [0.15, 0.2) is 0 Å². The number of carboxylic acid groups (broad SMARTS) is 1. The van der Waals surface area contributed by atoms with E-state index >= 15 is 0 Å². The highest BCUT2D eigenvalue weighted by Gasteiger charge is 2.21. The van der Waals surface area contributed by atoms with Gasteiger partial charge in [0.1, 0.15) is 6.61 Å². The van der Waals surface area contributed by atoms with Gasteiger partial charge in [0.2, 0.25) is 0 Å². The van der Waals surface area contributed by atoms with Gasteiger partial charge in [0.15, 0.2) is 11.5 Å². The minimum Gasteiger partial charge on any atom is -0.476 e. The zero-order valence-corrected chi connectivity index (χ0v) is 8.99. The van der Waals surface area contributed by atoms with Crippen LogP contribution in [0.1, 0.15) is 27.6 Å². The molecule has 1 aliphatic heterocycles. The summed E-state index contributed by atoms with van der Waals surface area (Å²) in [5, 5.41) is 12.2. The Hall–Kier alpha value is -1.53. The molecule has 0 aromatic carbocycles. The van der Waals surface area contributed by atoms with Gasteiger partial charge >= 0.3 is 5.97 Å². The lowest BCUT2D eigenvalue weighted by Crippen LogP contribution is -2.28. The Morgan fingerprint density at radius 3 is 3.06 bits per heavy atom. The first-order chi connectivity index (χ1) is 7.72. The second-order valence-corrected chi connectivity index (χ2v) is 3.58. The van der Waals surface area contributed by atoms with Crippen LogP contribution in [0, 0.1) is 0 Å². The number of hydrogen-bond acceptors (Lipinski definition) is 5. The quantitative estimate of drug-likeness (QED) is 0.748. The molecule has 0 spiro atoms. The summed E-state index contributed by atoms with van der Waals surface area (Å²) in [5.41, 5.74) is 1.60. The van der Waals surface area contributed by atoms with Crippen molar-refractivity contribution in [2.75, 3.05) is 13.7 Å². The summed E-state index contributed by atoms with van der Waals surface area (Å²) in [6.07, 6.45) is 0.731. The molecule has 6 heteroatoms. The molecule has 6 nitrogen and oxygen atoms in total. The number of aromatic nitrogens is 2. The van der Waals surface area contributed by atoms with E-state index < -0.39 is 5.97 Å². The van der Waals surface area contributed by atoms with Gasteiger partial charge < -0.3 is 15.2 Å². The van der Waals surface area contributed by atoms with Crippen molar-refractivity contribution in [3.63, 3.8) is 0 Å². The van der Waals surface area contributed by atoms with E-state index in [2.05, 4.69) is 15.3 Å². The van der Waals surface area contributed by atoms with E-state index in [9.17, 15) is 4.79 Å². The van der Waals surface area contributed by atoms with Gasteiger partial charge in [-0.1, -0.05) is 0 Å². The standard InChI is InChI=1S/C10H13N3O3/c1-16-5-8-12-7-2-3-11-4-6(7)9(13-8)10(14)15/h11H,2-5H2,1H3,(H,14,15). The van der Waals surface area contributed by atoms with E-state index in [1.165, 1.54) is 7.11 Å². The summed E-state index contributed by atoms with van der Waals surface area (Å²) in [6, 6.07) is 0. The molecule has 1 aliphatic rings. The molecular weight excluding hydrogens is 210 g/mol. The summed E-state index contributed by atoms with van der Waals surface area (Å²) in [5.74, 6) is -0.583. The third-order valence-electron chi connectivity index (χ3n) is 2.46. The van der Waals surface area contributed by atoms with Crippen molar-refractivity contribution >= 4 is 5.97 Å². The molecule has 2 heterocycles. The van der Waals surface area contributed by atoms with Crippen molar-refractivity contribution in [2.24, 2.45) is 0 Å². The van der Waals surface area contributed by atoms with E-state index in [0.29, 0.717) is 17.9 Å². The van der Waals surface area contributed by atoms with Crippen LogP contribution >= 0.6 is 0 Å². The fourth-order valence-electron chi connectivity index (χ4n) is 1.76. The van der Waals surface area contributed by atoms with Crippen LogP contribution in [0.2, 0.25) is 0 Å². The smallest absolute Gasteiger partial charge is 0.354 e. The molecule has 16 heavy (non-hydrogen) atoms. The molecule has 0 unspecified atom stereocenters. The van der Waals surface area contributed by atoms with Gasteiger partial charge in [-0.3, -0.25) is 0 Å². The van der Waals surface area contributed by atoms with Gasteiger partial charge in [-0.05, 0) is 0 Å². The zero-order valence-electron chi connectivity index (χ0n) is 8.99. The molecule has 0 radical (unpaired) electrons. The van der Waals surface area contributed by atoms with Gasteiger partial charge in [-0.15, -0.1) is 0 Å². The van der Waals surface area contributed by atoms with Crippen LogP contribution in [0.4, 0.5) is 0 Å². The molecule has 0 bridgehead atoms. The van der Waals surface area contributed by atoms with Gasteiger partial charge in [0, 0.05) is 32.2 Å². The molecule has 0 atom stereocenters. The maximum Gasteiger partial charge on any atom is 0.354 e. The van der Waals surface area contributed by atoms with Crippen LogP contribution < -0.4 is 5.32 Å². The lowest BCUT2D eigenvalue weighted by atomic mass is 10.1. The van der Waals surface area contributed by atoms with Crippen molar-refractivity contribution in [2.45, 2.75) is 19.6 Å². The Labute approximate surface area is 92.7 Å². The summed E-state index contributed by atoms with van der Waals surface area (Å²) < 4.78 is 4.92. The molecule has 0 saturated heterocycles. The number of aromatic carboxylic acids is 1. The molecule has 0 amide bonds. The summed E-state index contributed by atoms with van der Waals surface area (Å²) in [7, 11) is 1.53. The van der Waals surface area contributed by atoms with Gasteiger partial charge in [0.25, 0.3) is 0 Å². The molecule has 2 N–H and O–H groups in total. The van der Waals surface area contributed by atoms with Gasteiger partial charge in [-0.25, -0.2) is 14.8 Å². The number of fused-ring (bicyclic) bond motifs is 1.